The van der Waals surface area contributed by atoms with E-state index in [2.05, 4.69) is 10.6 Å². The molecule has 0 radical (unpaired) electrons. The van der Waals surface area contributed by atoms with Crippen molar-refractivity contribution in [3.8, 4) is 0 Å². The Kier molecular flexibility index (Phi) is 5.06. The van der Waals surface area contributed by atoms with Crippen molar-refractivity contribution in [2.45, 2.75) is 51.0 Å². The number of benzene rings is 1. The van der Waals surface area contributed by atoms with E-state index in [1.165, 1.54) is 0 Å². The first-order valence-electron chi connectivity index (χ1n) is 9.07. The first-order chi connectivity index (χ1) is 12.1. The fourth-order valence-electron chi connectivity index (χ4n) is 3.72. The fraction of sp³-hybridized carbons (Fsp3) is 0.526. The maximum absolute atomic E-state index is 13.1. The normalized spacial score (nSPS) is 22.5. The Labute approximate surface area is 148 Å². The Morgan fingerprint density at radius 2 is 2.08 bits per heavy atom. The number of imide groups is 1. The van der Waals surface area contributed by atoms with E-state index in [0.29, 0.717) is 13.0 Å². The molecule has 0 bridgehead atoms. The summed E-state index contributed by atoms with van der Waals surface area (Å²) < 4.78 is 0. The van der Waals surface area contributed by atoms with Crippen molar-refractivity contribution in [2.24, 2.45) is 0 Å². The summed E-state index contributed by atoms with van der Waals surface area (Å²) in [6.07, 6.45) is 5.17. The maximum Gasteiger partial charge on any atom is 0.325 e. The van der Waals surface area contributed by atoms with Crippen LogP contribution in [0.25, 0.3) is 0 Å². The van der Waals surface area contributed by atoms with E-state index in [1.54, 1.807) is 0 Å². The molecule has 1 saturated heterocycles. The van der Waals surface area contributed by atoms with E-state index < -0.39 is 11.6 Å². The van der Waals surface area contributed by atoms with Gasteiger partial charge in [0.25, 0.3) is 5.91 Å². The van der Waals surface area contributed by atoms with Crippen LogP contribution < -0.4 is 10.6 Å². The zero-order valence-corrected chi connectivity index (χ0v) is 14.6. The second-order valence-electron chi connectivity index (χ2n) is 6.79. The average molecular weight is 343 g/mol. The van der Waals surface area contributed by atoms with E-state index in [4.69, 9.17) is 0 Å². The van der Waals surface area contributed by atoms with E-state index in [9.17, 15) is 14.4 Å². The molecule has 25 heavy (non-hydrogen) atoms. The molecule has 0 unspecified atom stereocenters. The van der Waals surface area contributed by atoms with Gasteiger partial charge < -0.3 is 10.6 Å². The molecule has 4 amide bonds. The van der Waals surface area contributed by atoms with E-state index in [0.717, 1.165) is 48.1 Å². The number of amides is 4. The van der Waals surface area contributed by atoms with E-state index in [1.807, 2.05) is 31.2 Å². The van der Waals surface area contributed by atoms with Gasteiger partial charge in [0.2, 0.25) is 5.91 Å². The largest absolute Gasteiger partial charge is 0.355 e. The van der Waals surface area contributed by atoms with Crippen LogP contribution in [0.4, 0.5) is 4.79 Å². The van der Waals surface area contributed by atoms with Gasteiger partial charge in [-0.25, -0.2) is 4.79 Å². The van der Waals surface area contributed by atoms with Crippen LogP contribution in [0.15, 0.2) is 24.3 Å². The third-order valence-corrected chi connectivity index (χ3v) is 5.05. The lowest BCUT2D eigenvalue weighted by atomic mass is 9.84. The van der Waals surface area contributed by atoms with Crippen LogP contribution in [0.2, 0.25) is 0 Å². The monoisotopic (exact) mass is 343 g/mol. The molecule has 0 saturated carbocycles. The lowest BCUT2D eigenvalue weighted by Crippen LogP contribution is -2.45. The molecular weight excluding hydrogens is 318 g/mol. The highest BCUT2D eigenvalue weighted by atomic mass is 16.2. The van der Waals surface area contributed by atoms with Crippen molar-refractivity contribution in [3.05, 3.63) is 35.4 Å². The SMILES string of the molecule is CCCCNC(=O)CN1C(=O)N[C@@]2(CCCCc3ccccc32)C1=O. The number of carbonyl (C=O) groups is 3. The van der Waals surface area contributed by atoms with Gasteiger partial charge in [0.05, 0.1) is 0 Å². The zero-order valence-electron chi connectivity index (χ0n) is 14.6. The number of nitrogens with one attached hydrogen (secondary N) is 2. The molecule has 1 fully saturated rings. The zero-order chi connectivity index (χ0) is 17.9. The van der Waals surface area contributed by atoms with Gasteiger partial charge in [-0.05, 0) is 43.2 Å². The number of hydrogen-bond acceptors (Lipinski definition) is 3. The predicted octanol–water partition coefficient (Wildman–Crippen LogP) is 2.08. The standard InChI is InChI=1S/C19H25N3O3/c1-2-3-12-20-16(23)13-22-17(24)19(21-18(22)25)11-7-6-9-14-8-4-5-10-15(14)19/h4-5,8,10H,2-3,6-7,9,11-13H2,1H3,(H,20,23)(H,21,25)/t19-/m1/s1. The molecule has 1 aliphatic carbocycles. The quantitative estimate of drug-likeness (QED) is 0.635. The molecule has 1 aromatic rings. The Hall–Kier alpha value is -2.37. The molecule has 0 aromatic heterocycles. The lowest BCUT2D eigenvalue weighted by molar-refractivity contribution is -0.135. The predicted molar refractivity (Wildman–Crippen MR) is 93.8 cm³/mol. The van der Waals surface area contributed by atoms with Gasteiger partial charge in [-0.1, -0.05) is 37.6 Å². The molecule has 2 N–H and O–H groups in total. The lowest BCUT2D eigenvalue weighted by Gasteiger charge is -2.27. The molecule has 6 heteroatoms. The molecule has 1 heterocycles. The summed E-state index contributed by atoms with van der Waals surface area (Å²) in [5.74, 6) is -0.603. The Bertz CT molecular complexity index is 688. The molecule has 3 rings (SSSR count). The minimum absolute atomic E-state index is 0.224. The smallest absolute Gasteiger partial charge is 0.325 e. The summed E-state index contributed by atoms with van der Waals surface area (Å²) in [6, 6.07) is 7.31. The van der Waals surface area contributed by atoms with Gasteiger partial charge in [-0.3, -0.25) is 14.5 Å². The highest BCUT2D eigenvalue weighted by Gasteiger charge is 2.53. The molecular formula is C19H25N3O3. The van der Waals surface area contributed by atoms with Crippen molar-refractivity contribution in [1.82, 2.24) is 15.5 Å². The second kappa shape index (κ2) is 7.25. The van der Waals surface area contributed by atoms with Gasteiger partial charge in [0, 0.05) is 6.54 Å². The number of urea groups is 1. The number of unbranched alkanes of at least 4 members (excludes halogenated alkanes) is 1. The average Bonchev–Trinajstić information content (AvgIpc) is 2.75. The molecule has 134 valence electrons. The minimum Gasteiger partial charge on any atom is -0.355 e. The Balaban J connectivity index is 1.82. The van der Waals surface area contributed by atoms with Crippen molar-refractivity contribution < 1.29 is 14.4 Å². The summed E-state index contributed by atoms with van der Waals surface area (Å²) in [5.41, 5.74) is 0.955. The summed E-state index contributed by atoms with van der Waals surface area (Å²) in [7, 11) is 0. The Morgan fingerprint density at radius 1 is 1.28 bits per heavy atom. The van der Waals surface area contributed by atoms with Crippen LogP contribution in [-0.4, -0.2) is 35.8 Å². The molecule has 1 atom stereocenters. The van der Waals surface area contributed by atoms with Crippen molar-refractivity contribution >= 4 is 17.8 Å². The van der Waals surface area contributed by atoms with Crippen LogP contribution in [0.3, 0.4) is 0 Å². The highest BCUT2D eigenvalue weighted by molar-refractivity contribution is 6.09. The number of fused-ring (bicyclic) bond motifs is 2. The third kappa shape index (κ3) is 3.25. The van der Waals surface area contributed by atoms with Gasteiger partial charge >= 0.3 is 6.03 Å². The third-order valence-electron chi connectivity index (χ3n) is 5.05. The van der Waals surface area contributed by atoms with E-state index >= 15 is 0 Å². The van der Waals surface area contributed by atoms with Crippen molar-refractivity contribution in [1.29, 1.82) is 0 Å². The molecule has 1 aliphatic heterocycles. The maximum atomic E-state index is 13.1. The van der Waals surface area contributed by atoms with Crippen LogP contribution in [-0.2, 0) is 21.5 Å². The molecule has 1 aromatic carbocycles. The highest BCUT2D eigenvalue weighted by Crippen LogP contribution is 2.38. The van der Waals surface area contributed by atoms with Crippen molar-refractivity contribution in [2.75, 3.05) is 13.1 Å². The van der Waals surface area contributed by atoms with Gasteiger partial charge in [0.15, 0.2) is 0 Å². The number of nitrogens with zero attached hydrogens (tertiary/aromatic N) is 1. The van der Waals surface area contributed by atoms with Crippen LogP contribution in [0.5, 0.6) is 0 Å². The van der Waals surface area contributed by atoms with Crippen LogP contribution >= 0.6 is 0 Å². The molecule has 6 nitrogen and oxygen atoms in total. The first-order valence-corrected chi connectivity index (χ1v) is 9.07. The first kappa shape index (κ1) is 17.5. The summed E-state index contributed by atoms with van der Waals surface area (Å²) in [4.78, 5) is 38.7. The summed E-state index contributed by atoms with van der Waals surface area (Å²) >= 11 is 0. The molecule has 2 aliphatic rings. The molecule has 1 spiro atoms. The second-order valence-corrected chi connectivity index (χ2v) is 6.79. The number of rotatable bonds is 5. The topological polar surface area (TPSA) is 78.5 Å². The Morgan fingerprint density at radius 3 is 2.88 bits per heavy atom. The number of aryl methyl sites for hydroxylation is 1. The van der Waals surface area contributed by atoms with Crippen LogP contribution in [0, 0.1) is 0 Å². The van der Waals surface area contributed by atoms with Gasteiger partial charge in [-0.2, -0.15) is 0 Å². The van der Waals surface area contributed by atoms with Gasteiger partial charge in [0.1, 0.15) is 12.1 Å². The summed E-state index contributed by atoms with van der Waals surface area (Å²) in [5, 5.41) is 5.66. The minimum atomic E-state index is -1.02. The summed E-state index contributed by atoms with van der Waals surface area (Å²) in [6.45, 7) is 2.38. The van der Waals surface area contributed by atoms with Gasteiger partial charge in [-0.15, -0.1) is 0 Å². The fourth-order valence-corrected chi connectivity index (χ4v) is 3.72. The van der Waals surface area contributed by atoms with Crippen molar-refractivity contribution in [3.63, 3.8) is 0 Å². The van der Waals surface area contributed by atoms with Crippen LogP contribution in [0.1, 0.15) is 50.2 Å². The number of carbonyl (C=O) groups excluding carboxylic acids is 3. The van der Waals surface area contributed by atoms with E-state index in [-0.39, 0.29) is 18.4 Å². The number of hydrogen-bond donors (Lipinski definition) is 2.